The third-order valence-corrected chi connectivity index (χ3v) is 2.04. The van der Waals surface area contributed by atoms with Crippen LogP contribution in [0.1, 0.15) is 25.3 Å². The first-order valence-corrected chi connectivity index (χ1v) is 4.34. The van der Waals surface area contributed by atoms with Crippen LogP contribution in [-0.4, -0.2) is 6.18 Å². The molecule has 3 heteroatoms. The molecule has 14 heavy (non-hydrogen) atoms. The molecule has 0 fully saturated rings. The molecule has 1 radical (unpaired) electrons. The first-order chi connectivity index (χ1) is 6.43. The highest BCUT2D eigenvalue weighted by molar-refractivity contribution is 5.26. The summed E-state index contributed by atoms with van der Waals surface area (Å²) < 4.78 is 37.9. The van der Waals surface area contributed by atoms with Crippen molar-refractivity contribution in [2.45, 2.75) is 25.9 Å². The van der Waals surface area contributed by atoms with E-state index in [1.54, 1.807) is 18.2 Å². The minimum absolute atomic E-state index is 0.306. The summed E-state index contributed by atoms with van der Waals surface area (Å²) in [6, 6.07) is 7.96. The summed E-state index contributed by atoms with van der Waals surface area (Å²) in [5.74, 6) is -1.08. The van der Waals surface area contributed by atoms with Gasteiger partial charge in [0.05, 0.1) is 5.92 Å². The van der Waals surface area contributed by atoms with Crippen molar-refractivity contribution in [3.8, 4) is 0 Å². The quantitative estimate of drug-likeness (QED) is 0.679. The standard InChI is InChI=1S/C11H12F3/c1-8(2)10(11(12,13)14)9-6-4-3-5-7-9/h3-7,10H,1-2H3. The lowest BCUT2D eigenvalue weighted by Crippen LogP contribution is -2.24. The maximum atomic E-state index is 12.6. The number of benzene rings is 1. The highest BCUT2D eigenvalue weighted by Crippen LogP contribution is 2.40. The minimum Gasteiger partial charge on any atom is -0.170 e. The zero-order valence-corrected chi connectivity index (χ0v) is 8.10. The van der Waals surface area contributed by atoms with Crippen LogP contribution in [0.25, 0.3) is 0 Å². The van der Waals surface area contributed by atoms with Gasteiger partial charge in [-0.05, 0) is 11.5 Å². The predicted molar refractivity (Wildman–Crippen MR) is 49.8 cm³/mol. The topological polar surface area (TPSA) is 0 Å². The fourth-order valence-corrected chi connectivity index (χ4v) is 1.50. The Labute approximate surface area is 81.8 Å². The van der Waals surface area contributed by atoms with Crippen LogP contribution in [0, 0.1) is 5.92 Å². The Morgan fingerprint density at radius 1 is 1.07 bits per heavy atom. The zero-order valence-electron chi connectivity index (χ0n) is 8.10. The van der Waals surface area contributed by atoms with E-state index in [2.05, 4.69) is 0 Å². The second-order valence-electron chi connectivity index (χ2n) is 3.46. The first kappa shape index (κ1) is 11.1. The van der Waals surface area contributed by atoms with Crippen molar-refractivity contribution in [3.63, 3.8) is 0 Å². The van der Waals surface area contributed by atoms with Gasteiger partial charge in [-0.2, -0.15) is 13.2 Å². The van der Waals surface area contributed by atoms with Gasteiger partial charge in [0.15, 0.2) is 0 Å². The molecule has 0 saturated carbocycles. The Morgan fingerprint density at radius 3 is 1.93 bits per heavy atom. The highest BCUT2D eigenvalue weighted by Gasteiger charge is 2.42. The molecule has 1 aromatic carbocycles. The Hall–Kier alpha value is -0.990. The van der Waals surface area contributed by atoms with Crippen LogP contribution in [0.2, 0.25) is 0 Å². The van der Waals surface area contributed by atoms with Crippen LogP contribution in [-0.2, 0) is 0 Å². The molecule has 77 valence electrons. The van der Waals surface area contributed by atoms with E-state index < -0.39 is 12.1 Å². The molecule has 0 aliphatic heterocycles. The number of rotatable bonds is 2. The second kappa shape index (κ2) is 4.03. The molecule has 0 N–H and O–H groups in total. The van der Waals surface area contributed by atoms with Crippen molar-refractivity contribution >= 4 is 0 Å². The van der Waals surface area contributed by atoms with Crippen LogP contribution in [0.4, 0.5) is 13.2 Å². The Morgan fingerprint density at radius 2 is 1.57 bits per heavy atom. The molecule has 1 rings (SSSR count). The number of alkyl halides is 3. The molecule has 0 aliphatic carbocycles. The number of hydrogen-bond acceptors (Lipinski definition) is 0. The lowest BCUT2D eigenvalue weighted by molar-refractivity contribution is -0.146. The summed E-state index contributed by atoms with van der Waals surface area (Å²) in [5, 5.41) is 0. The van der Waals surface area contributed by atoms with Gasteiger partial charge in [0, 0.05) is 0 Å². The van der Waals surface area contributed by atoms with E-state index in [0.29, 0.717) is 11.5 Å². The summed E-state index contributed by atoms with van der Waals surface area (Å²) in [6.45, 7) is 3.01. The van der Waals surface area contributed by atoms with Crippen molar-refractivity contribution in [2.24, 2.45) is 0 Å². The fraction of sp³-hybridized carbons (Fsp3) is 0.364. The molecule has 0 nitrogen and oxygen atoms in total. The van der Waals surface area contributed by atoms with Gasteiger partial charge in [-0.3, -0.25) is 0 Å². The fourth-order valence-electron chi connectivity index (χ4n) is 1.50. The molecule has 0 saturated heterocycles. The Kier molecular flexibility index (Phi) is 3.19. The second-order valence-corrected chi connectivity index (χ2v) is 3.46. The van der Waals surface area contributed by atoms with Crippen LogP contribution in [0.5, 0.6) is 0 Å². The maximum absolute atomic E-state index is 12.6. The number of hydrogen-bond donors (Lipinski definition) is 0. The van der Waals surface area contributed by atoms with Crippen LogP contribution < -0.4 is 0 Å². The molecule has 0 spiro atoms. The summed E-state index contributed by atoms with van der Waals surface area (Å²) in [4.78, 5) is 0. The summed E-state index contributed by atoms with van der Waals surface area (Å²) in [6.07, 6.45) is -4.19. The van der Waals surface area contributed by atoms with Gasteiger partial charge >= 0.3 is 6.18 Å². The van der Waals surface area contributed by atoms with Gasteiger partial charge in [0.25, 0.3) is 0 Å². The predicted octanol–water partition coefficient (Wildman–Crippen LogP) is 3.95. The molecule has 0 aliphatic rings. The van der Waals surface area contributed by atoms with Crippen molar-refractivity contribution < 1.29 is 13.2 Å². The van der Waals surface area contributed by atoms with Crippen molar-refractivity contribution in [1.29, 1.82) is 0 Å². The van der Waals surface area contributed by atoms with Crippen molar-refractivity contribution in [1.82, 2.24) is 0 Å². The third kappa shape index (κ3) is 2.50. The maximum Gasteiger partial charge on any atom is 0.396 e. The van der Waals surface area contributed by atoms with Crippen LogP contribution in [0.15, 0.2) is 30.3 Å². The van der Waals surface area contributed by atoms with Gasteiger partial charge in [-0.1, -0.05) is 44.2 Å². The molecule has 0 bridgehead atoms. The van der Waals surface area contributed by atoms with Crippen molar-refractivity contribution in [2.75, 3.05) is 0 Å². The SMILES string of the molecule is C[C](C)C(c1ccccc1)C(F)(F)F. The van der Waals surface area contributed by atoms with Gasteiger partial charge in [0.2, 0.25) is 0 Å². The zero-order chi connectivity index (χ0) is 10.8. The Bertz CT molecular complexity index is 274. The van der Waals surface area contributed by atoms with E-state index >= 15 is 0 Å². The average Bonchev–Trinajstić information content (AvgIpc) is 2.02. The normalized spacial score (nSPS) is 14.4. The van der Waals surface area contributed by atoms with Gasteiger partial charge in [-0.25, -0.2) is 0 Å². The summed E-state index contributed by atoms with van der Waals surface area (Å²) in [7, 11) is 0. The van der Waals surface area contributed by atoms with E-state index in [0.717, 1.165) is 0 Å². The van der Waals surface area contributed by atoms with Gasteiger partial charge < -0.3 is 0 Å². The lowest BCUT2D eigenvalue weighted by atomic mass is 9.88. The summed E-state index contributed by atoms with van der Waals surface area (Å²) >= 11 is 0. The Balaban J connectivity index is 3.02. The number of halogens is 3. The largest absolute Gasteiger partial charge is 0.396 e. The summed E-state index contributed by atoms with van der Waals surface area (Å²) in [5.41, 5.74) is 0.306. The lowest BCUT2D eigenvalue weighted by Gasteiger charge is -2.23. The van der Waals surface area contributed by atoms with E-state index in [9.17, 15) is 13.2 Å². The smallest absolute Gasteiger partial charge is 0.170 e. The van der Waals surface area contributed by atoms with E-state index in [-0.39, 0.29) is 0 Å². The minimum atomic E-state index is -4.19. The molecule has 1 aromatic rings. The molecule has 1 atom stereocenters. The molecule has 1 unspecified atom stereocenters. The van der Waals surface area contributed by atoms with E-state index in [1.165, 1.54) is 26.0 Å². The molecular formula is C11H12F3. The monoisotopic (exact) mass is 201 g/mol. The molecule has 0 heterocycles. The molecular weight excluding hydrogens is 189 g/mol. The van der Waals surface area contributed by atoms with E-state index in [1.807, 2.05) is 0 Å². The van der Waals surface area contributed by atoms with Crippen LogP contribution >= 0.6 is 0 Å². The van der Waals surface area contributed by atoms with Crippen LogP contribution in [0.3, 0.4) is 0 Å². The van der Waals surface area contributed by atoms with Gasteiger partial charge in [0.1, 0.15) is 0 Å². The highest BCUT2D eigenvalue weighted by atomic mass is 19.4. The average molecular weight is 201 g/mol. The van der Waals surface area contributed by atoms with Gasteiger partial charge in [-0.15, -0.1) is 0 Å². The van der Waals surface area contributed by atoms with E-state index in [4.69, 9.17) is 0 Å². The third-order valence-electron chi connectivity index (χ3n) is 2.04. The molecule has 0 aromatic heterocycles. The molecule has 0 amide bonds. The first-order valence-electron chi connectivity index (χ1n) is 4.34. The van der Waals surface area contributed by atoms with Crippen molar-refractivity contribution in [3.05, 3.63) is 41.8 Å².